The molecule has 0 atom stereocenters. The van der Waals surface area contributed by atoms with Crippen molar-refractivity contribution in [2.45, 2.75) is 19.8 Å². The van der Waals surface area contributed by atoms with Gasteiger partial charge >= 0.3 is 0 Å². The maximum Gasteiger partial charge on any atom is 0.227 e. The van der Waals surface area contributed by atoms with E-state index < -0.39 is 0 Å². The largest absolute Gasteiger partial charge is 0.359 e. The Labute approximate surface area is 70.2 Å². The summed E-state index contributed by atoms with van der Waals surface area (Å²) in [4.78, 5) is 14.8. The number of carbonyl (C=O) groups is 1. The standard InChI is InChI=1S/C7H11N3O2/c1-5-9-7(12-10-5)4-3-6(11)8-2/h3-4H2,1-2H3,(H,8,11). The number of hydrogen-bond donors (Lipinski definition) is 1. The molecule has 1 heterocycles. The van der Waals surface area contributed by atoms with Crippen molar-refractivity contribution in [3.63, 3.8) is 0 Å². The van der Waals surface area contributed by atoms with Crippen LogP contribution in [0.5, 0.6) is 0 Å². The van der Waals surface area contributed by atoms with E-state index in [2.05, 4.69) is 15.5 Å². The summed E-state index contributed by atoms with van der Waals surface area (Å²) in [5.41, 5.74) is 0. The molecule has 0 saturated carbocycles. The van der Waals surface area contributed by atoms with Gasteiger partial charge in [-0.3, -0.25) is 4.79 Å². The second kappa shape index (κ2) is 3.85. The quantitative estimate of drug-likeness (QED) is 0.694. The van der Waals surface area contributed by atoms with E-state index in [-0.39, 0.29) is 5.91 Å². The molecular formula is C7H11N3O2. The zero-order valence-electron chi connectivity index (χ0n) is 7.13. The Kier molecular flexibility index (Phi) is 2.79. The van der Waals surface area contributed by atoms with Crippen LogP contribution in [-0.4, -0.2) is 23.1 Å². The highest BCUT2D eigenvalue weighted by molar-refractivity contribution is 5.75. The van der Waals surface area contributed by atoms with Gasteiger partial charge in [-0.1, -0.05) is 5.16 Å². The molecule has 0 saturated heterocycles. The molecule has 0 unspecified atom stereocenters. The minimum atomic E-state index is -0.0224. The lowest BCUT2D eigenvalue weighted by Crippen LogP contribution is -2.17. The van der Waals surface area contributed by atoms with Gasteiger partial charge in [-0.2, -0.15) is 4.98 Å². The first-order chi connectivity index (χ1) is 5.72. The Morgan fingerprint density at radius 2 is 2.42 bits per heavy atom. The molecule has 1 N–H and O–H groups in total. The SMILES string of the molecule is CNC(=O)CCc1nc(C)no1. The fourth-order valence-electron chi connectivity index (χ4n) is 0.787. The van der Waals surface area contributed by atoms with Crippen LogP contribution >= 0.6 is 0 Å². The molecule has 66 valence electrons. The molecule has 0 aliphatic rings. The molecule has 12 heavy (non-hydrogen) atoms. The zero-order valence-corrected chi connectivity index (χ0v) is 7.13. The van der Waals surface area contributed by atoms with E-state index in [0.717, 1.165) is 0 Å². The van der Waals surface area contributed by atoms with Gasteiger partial charge in [-0.05, 0) is 6.92 Å². The lowest BCUT2D eigenvalue weighted by atomic mass is 10.3. The summed E-state index contributed by atoms with van der Waals surface area (Å²) >= 11 is 0. The number of rotatable bonds is 3. The van der Waals surface area contributed by atoms with Crippen molar-refractivity contribution in [2.24, 2.45) is 0 Å². The van der Waals surface area contributed by atoms with Crippen molar-refractivity contribution in [1.29, 1.82) is 0 Å². The molecule has 0 spiro atoms. The van der Waals surface area contributed by atoms with Gasteiger partial charge in [0, 0.05) is 19.9 Å². The van der Waals surface area contributed by atoms with E-state index in [1.54, 1.807) is 14.0 Å². The Balaban J connectivity index is 2.38. The number of nitrogens with zero attached hydrogens (tertiary/aromatic N) is 2. The highest BCUT2D eigenvalue weighted by atomic mass is 16.5. The summed E-state index contributed by atoms with van der Waals surface area (Å²) in [7, 11) is 1.60. The summed E-state index contributed by atoms with van der Waals surface area (Å²) in [5, 5.41) is 6.12. The Bertz CT molecular complexity index is 269. The van der Waals surface area contributed by atoms with Crippen LogP contribution in [0.25, 0.3) is 0 Å². The van der Waals surface area contributed by atoms with Crippen LogP contribution < -0.4 is 5.32 Å². The molecule has 5 nitrogen and oxygen atoms in total. The molecule has 0 bridgehead atoms. The predicted molar refractivity (Wildman–Crippen MR) is 41.4 cm³/mol. The summed E-state index contributed by atoms with van der Waals surface area (Å²) in [6.07, 6.45) is 0.888. The minimum absolute atomic E-state index is 0.0224. The minimum Gasteiger partial charge on any atom is -0.359 e. The van der Waals surface area contributed by atoms with E-state index in [1.165, 1.54) is 0 Å². The van der Waals surface area contributed by atoms with Gasteiger partial charge in [0.05, 0.1) is 0 Å². The molecule has 0 fully saturated rings. The van der Waals surface area contributed by atoms with Crippen LogP contribution in [0.3, 0.4) is 0 Å². The Hall–Kier alpha value is -1.39. The van der Waals surface area contributed by atoms with Crippen molar-refractivity contribution >= 4 is 5.91 Å². The molecule has 1 rings (SSSR count). The monoisotopic (exact) mass is 169 g/mol. The highest BCUT2D eigenvalue weighted by Crippen LogP contribution is 1.99. The van der Waals surface area contributed by atoms with Gasteiger partial charge in [0.2, 0.25) is 11.8 Å². The van der Waals surface area contributed by atoms with Gasteiger partial charge in [0.25, 0.3) is 0 Å². The highest BCUT2D eigenvalue weighted by Gasteiger charge is 2.04. The van der Waals surface area contributed by atoms with E-state index in [0.29, 0.717) is 24.6 Å². The van der Waals surface area contributed by atoms with Crippen LogP contribution in [0.1, 0.15) is 18.1 Å². The maximum atomic E-state index is 10.8. The summed E-state index contributed by atoms with van der Waals surface area (Å²) in [6.45, 7) is 1.74. The number of hydrogen-bond acceptors (Lipinski definition) is 4. The first-order valence-corrected chi connectivity index (χ1v) is 3.72. The smallest absolute Gasteiger partial charge is 0.227 e. The average Bonchev–Trinajstić information content (AvgIpc) is 2.47. The lowest BCUT2D eigenvalue weighted by molar-refractivity contribution is -0.120. The maximum absolute atomic E-state index is 10.8. The molecule has 0 radical (unpaired) electrons. The van der Waals surface area contributed by atoms with Crippen molar-refractivity contribution in [2.75, 3.05) is 7.05 Å². The lowest BCUT2D eigenvalue weighted by Gasteiger charge is -1.93. The third kappa shape index (κ3) is 2.34. The molecule has 0 aliphatic carbocycles. The summed E-state index contributed by atoms with van der Waals surface area (Å²) in [5.74, 6) is 1.09. The van der Waals surface area contributed by atoms with Gasteiger partial charge in [-0.25, -0.2) is 0 Å². The first-order valence-electron chi connectivity index (χ1n) is 3.72. The third-order valence-electron chi connectivity index (χ3n) is 1.41. The number of aromatic nitrogens is 2. The second-order valence-electron chi connectivity index (χ2n) is 2.41. The number of aryl methyl sites for hydroxylation is 2. The topological polar surface area (TPSA) is 68.0 Å². The molecule has 0 aliphatic heterocycles. The molecule has 5 heteroatoms. The fourth-order valence-corrected chi connectivity index (χ4v) is 0.787. The average molecular weight is 169 g/mol. The first kappa shape index (κ1) is 8.70. The fraction of sp³-hybridized carbons (Fsp3) is 0.571. The van der Waals surface area contributed by atoms with Crippen molar-refractivity contribution < 1.29 is 9.32 Å². The van der Waals surface area contributed by atoms with E-state index in [9.17, 15) is 4.79 Å². The van der Waals surface area contributed by atoms with Gasteiger partial charge < -0.3 is 9.84 Å². The van der Waals surface area contributed by atoms with Crippen LogP contribution in [0, 0.1) is 6.92 Å². The number of carbonyl (C=O) groups excluding carboxylic acids is 1. The second-order valence-corrected chi connectivity index (χ2v) is 2.41. The van der Waals surface area contributed by atoms with Crippen molar-refractivity contribution in [1.82, 2.24) is 15.5 Å². The van der Waals surface area contributed by atoms with Crippen molar-refractivity contribution in [3.05, 3.63) is 11.7 Å². The predicted octanol–water partition coefficient (Wildman–Crippen LogP) is 0.0566. The Morgan fingerprint density at radius 1 is 1.67 bits per heavy atom. The normalized spacial score (nSPS) is 9.83. The molecule has 1 amide bonds. The van der Waals surface area contributed by atoms with Gasteiger partial charge in [0.1, 0.15) is 0 Å². The molecule has 1 aromatic rings. The summed E-state index contributed by atoms with van der Waals surface area (Å²) in [6, 6.07) is 0. The zero-order chi connectivity index (χ0) is 8.97. The summed E-state index contributed by atoms with van der Waals surface area (Å²) < 4.78 is 4.82. The molecule has 0 aromatic carbocycles. The van der Waals surface area contributed by atoms with Crippen LogP contribution in [0.2, 0.25) is 0 Å². The van der Waals surface area contributed by atoms with Crippen LogP contribution in [-0.2, 0) is 11.2 Å². The number of amides is 1. The molecule has 1 aromatic heterocycles. The Morgan fingerprint density at radius 3 is 2.92 bits per heavy atom. The van der Waals surface area contributed by atoms with Crippen molar-refractivity contribution in [3.8, 4) is 0 Å². The van der Waals surface area contributed by atoms with Gasteiger partial charge in [-0.15, -0.1) is 0 Å². The number of nitrogens with one attached hydrogen (secondary N) is 1. The molecular weight excluding hydrogens is 158 g/mol. The van der Waals surface area contributed by atoms with E-state index >= 15 is 0 Å². The van der Waals surface area contributed by atoms with Crippen LogP contribution in [0.15, 0.2) is 4.52 Å². The van der Waals surface area contributed by atoms with E-state index in [4.69, 9.17) is 4.52 Å². The van der Waals surface area contributed by atoms with E-state index in [1.807, 2.05) is 0 Å². The van der Waals surface area contributed by atoms with Crippen LogP contribution in [0.4, 0.5) is 0 Å². The van der Waals surface area contributed by atoms with Gasteiger partial charge in [0.15, 0.2) is 5.82 Å². The third-order valence-corrected chi connectivity index (χ3v) is 1.41.